The van der Waals surface area contributed by atoms with Gasteiger partial charge in [0.2, 0.25) is 0 Å². The Kier molecular flexibility index (Phi) is 4.79. The Balaban J connectivity index is 1.88. The van der Waals surface area contributed by atoms with Gasteiger partial charge in [-0.2, -0.15) is 0 Å². The molecule has 4 nitrogen and oxygen atoms in total. The zero-order valence-corrected chi connectivity index (χ0v) is 14.3. The van der Waals surface area contributed by atoms with Gasteiger partial charge in [-0.25, -0.2) is 9.97 Å². The third-order valence-corrected chi connectivity index (χ3v) is 4.62. The van der Waals surface area contributed by atoms with E-state index in [9.17, 15) is 0 Å². The predicted molar refractivity (Wildman–Crippen MR) is 96.5 cm³/mol. The maximum atomic E-state index is 4.69. The van der Waals surface area contributed by atoms with E-state index < -0.39 is 0 Å². The maximum Gasteiger partial charge on any atom is 0.136 e. The Morgan fingerprint density at radius 1 is 1.17 bits per heavy atom. The van der Waals surface area contributed by atoms with Crippen molar-refractivity contribution < 1.29 is 0 Å². The van der Waals surface area contributed by atoms with Crippen LogP contribution >= 0.6 is 0 Å². The summed E-state index contributed by atoms with van der Waals surface area (Å²) in [4.78, 5) is 11.7. The van der Waals surface area contributed by atoms with Crippen LogP contribution in [-0.4, -0.2) is 22.6 Å². The summed E-state index contributed by atoms with van der Waals surface area (Å²) < 4.78 is 0. The molecule has 0 radical (unpaired) electrons. The predicted octanol–water partition coefficient (Wildman–Crippen LogP) is 4.61. The minimum Gasteiger partial charge on any atom is -0.353 e. The monoisotopic (exact) mass is 310 g/mol. The van der Waals surface area contributed by atoms with Gasteiger partial charge in [0.15, 0.2) is 0 Å². The van der Waals surface area contributed by atoms with Gasteiger partial charge in [0.05, 0.1) is 0 Å². The summed E-state index contributed by atoms with van der Waals surface area (Å²) in [6.45, 7) is 7.44. The van der Waals surface area contributed by atoms with E-state index in [4.69, 9.17) is 4.98 Å². The van der Waals surface area contributed by atoms with Crippen molar-refractivity contribution in [3.63, 3.8) is 0 Å². The topological polar surface area (TPSA) is 41.0 Å². The zero-order chi connectivity index (χ0) is 16.2. The van der Waals surface area contributed by atoms with E-state index in [1.165, 1.54) is 31.2 Å². The molecule has 1 aromatic heterocycles. The number of hydrogen-bond donors (Lipinski definition) is 1. The van der Waals surface area contributed by atoms with Crippen molar-refractivity contribution in [2.75, 3.05) is 16.8 Å². The van der Waals surface area contributed by atoms with Crippen molar-refractivity contribution in [1.82, 2.24) is 9.97 Å². The first-order chi connectivity index (χ1) is 11.2. The van der Waals surface area contributed by atoms with Crippen LogP contribution in [0.2, 0.25) is 0 Å². The number of anilines is 3. The van der Waals surface area contributed by atoms with Gasteiger partial charge in [0.1, 0.15) is 17.5 Å². The summed E-state index contributed by atoms with van der Waals surface area (Å²) in [5.41, 5.74) is 2.32. The fraction of sp³-hybridized carbons (Fsp3) is 0.474. The van der Waals surface area contributed by atoms with E-state index >= 15 is 0 Å². The highest BCUT2D eigenvalue weighted by atomic mass is 15.2. The van der Waals surface area contributed by atoms with Crippen LogP contribution in [0, 0.1) is 13.8 Å². The van der Waals surface area contributed by atoms with Gasteiger partial charge >= 0.3 is 0 Å². The molecule has 1 aliphatic rings. The molecular weight excluding hydrogens is 284 g/mol. The van der Waals surface area contributed by atoms with Crippen LogP contribution in [-0.2, 0) is 0 Å². The molecule has 1 aliphatic heterocycles. The molecule has 3 rings (SSSR count). The van der Waals surface area contributed by atoms with Crippen molar-refractivity contribution >= 4 is 17.3 Å². The normalized spacial score (nSPS) is 18.0. The highest BCUT2D eigenvalue weighted by Gasteiger charge is 2.22. The lowest BCUT2D eigenvalue weighted by Gasteiger charge is -2.36. The molecule has 1 fully saturated rings. The molecule has 0 saturated carbocycles. The molecular formula is C19H26N4. The molecule has 1 saturated heterocycles. The van der Waals surface area contributed by atoms with Gasteiger partial charge < -0.3 is 10.2 Å². The van der Waals surface area contributed by atoms with Gasteiger partial charge in [-0.15, -0.1) is 0 Å². The van der Waals surface area contributed by atoms with Crippen molar-refractivity contribution in [3.05, 3.63) is 41.7 Å². The number of nitrogens with zero attached hydrogens (tertiary/aromatic N) is 3. The van der Waals surface area contributed by atoms with E-state index in [0.29, 0.717) is 6.04 Å². The lowest BCUT2D eigenvalue weighted by molar-refractivity contribution is 0.446. The third kappa shape index (κ3) is 3.63. The van der Waals surface area contributed by atoms with E-state index in [2.05, 4.69) is 53.3 Å². The van der Waals surface area contributed by atoms with Crippen LogP contribution in [0.4, 0.5) is 17.3 Å². The lowest BCUT2D eigenvalue weighted by atomic mass is 10.00. The number of aryl methyl sites for hydroxylation is 2. The standard InChI is InChI=1S/C19H26N4/c1-4-16-10-7-8-12-23(16)19-13-18(20-15(3)21-19)22-17-11-6-5-9-14(17)2/h5-6,9,11,13,16H,4,7-8,10,12H2,1-3H3,(H,20,21,22). The number of nitrogens with one attached hydrogen (secondary N) is 1. The van der Waals surface area contributed by atoms with Crippen molar-refractivity contribution in [2.45, 2.75) is 52.5 Å². The van der Waals surface area contributed by atoms with E-state index in [1.807, 2.05) is 13.0 Å². The second-order valence-corrected chi connectivity index (χ2v) is 6.35. The molecule has 0 amide bonds. The molecule has 2 aromatic rings. The Morgan fingerprint density at radius 3 is 2.78 bits per heavy atom. The van der Waals surface area contributed by atoms with Crippen LogP contribution in [0.3, 0.4) is 0 Å². The van der Waals surface area contributed by atoms with Crippen LogP contribution in [0.15, 0.2) is 30.3 Å². The Hall–Kier alpha value is -2.10. The van der Waals surface area contributed by atoms with Crippen molar-refractivity contribution in [1.29, 1.82) is 0 Å². The highest BCUT2D eigenvalue weighted by molar-refractivity contribution is 5.62. The summed E-state index contributed by atoms with van der Waals surface area (Å²) in [5, 5.41) is 3.45. The number of hydrogen-bond acceptors (Lipinski definition) is 4. The highest BCUT2D eigenvalue weighted by Crippen LogP contribution is 2.27. The van der Waals surface area contributed by atoms with Crippen LogP contribution in [0.5, 0.6) is 0 Å². The van der Waals surface area contributed by atoms with Crippen molar-refractivity contribution in [3.8, 4) is 0 Å². The first-order valence-electron chi connectivity index (χ1n) is 8.62. The van der Waals surface area contributed by atoms with Gasteiger partial charge in [-0.1, -0.05) is 25.1 Å². The Morgan fingerprint density at radius 2 is 2.00 bits per heavy atom. The first-order valence-corrected chi connectivity index (χ1v) is 8.62. The number of benzene rings is 1. The number of piperidine rings is 1. The average Bonchev–Trinajstić information content (AvgIpc) is 2.56. The minimum atomic E-state index is 0.601. The molecule has 0 bridgehead atoms. The molecule has 2 heterocycles. The summed E-state index contributed by atoms with van der Waals surface area (Å²) in [7, 11) is 0. The Labute approximate surface area is 139 Å². The molecule has 1 aromatic carbocycles. The van der Waals surface area contributed by atoms with E-state index in [1.54, 1.807) is 0 Å². The van der Waals surface area contributed by atoms with E-state index in [-0.39, 0.29) is 0 Å². The molecule has 1 N–H and O–H groups in total. The third-order valence-electron chi connectivity index (χ3n) is 4.62. The van der Waals surface area contributed by atoms with Crippen LogP contribution in [0.1, 0.15) is 44.0 Å². The first kappa shape index (κ1) is 15.8. The summed E-state index contributed by atoms with van der Waals surface area (Å²) in [5.74, 6) is 2.75. The lowest BCUT2D eigenvalue weighted by Crippen LogP contribution is -2.39. The molecule has 122 valence electrons. The van der Waals surface area contributed by atoms with Gasteiger partial charge in [0.25, 0.3) is 0 Å². The van der Waals surface area contributed by atoms with Gasteiger partial charge in [-0.3, -0.25) is 0 Å². The van der Waals surface area contributed by atoms with Crippen LogP contribution in [0.25, 0.3) is 0 Å². The summed E-state index contributed by atoms with van der Waals surface area (Å²) >= 11 is 0. The SMILES string of the molecule is CCC1CCCCN1c1cc(Nc2ccccc2C)nc(C)n1. The molecule has 23 heavy (non-hydrogen) atoms. The summed E-state index contributed by atoms with van der Waals surface area (Å²) in [6.07, 6.45) is 5.01. The smallest absolute Gasteiger partial charge is 0.136 e. The van der Waals surface area contributed by atoms with Crippen LogP contribution < -0.4 is 10.2 Å². The maximum absolute atomic E-state index is 4.69. The molecule has 4 heteroatoms. The fourth-order valence-electron chi connectivity index (χ4n) is 3.34. The quantitative estimate of drug-likeness (QED) is 0.895. The van der Waals surface area contributed by atoms with E-state index in [0.717, 1.165) is 29.7 Å². The van der Waals surface area contributed by atoms with Gasteiger partial charge in [0, 0.05) is 24.3 Å². The summed E-state index contributed by atoms with van der Waals surface area (Å²) in [6, 6.07) is 11.0. The molecule has 0 spiro atoms. The second kappa shape index (κ2) is 6.99. The molecule has 0 aliphatic carbocycles. The van der Waals surface area contributed by atoms with Gasteiger partial charge in [-0.05, 0) is 51.2 Å². The number of aromatic nitrogens is 2. The minimum absolute atomic E-state index is 0.601. The van der Waals surface area contributed by atoms with Crippen molar-refractivity contribution in [2.24, 2.45) is 0 Å². The molecule has 1 atom stereocenters. The zero-order valence-electron chi connectivity index (χ0n) is 14.3. The fourth-order valence-corrected chi connectivity index (χ4v) is 3.34. The second-order valence-electron chi connectivity index (χ2n) is 6.35. The number of rotatable bonds is 4. The largest absolute Gasteiger partial charge is 0.353 e. The molecule has 1 unspecified atom stereocenters. The Bertz CT molecular complexity index is 668. The number of para-hydroxylation sites is 1. The average molecular weight is 310 g/mol.